The Balaban J connectivity index is 2.80. The van der Waals surface area contributed by atoms with Gasteiger partial charge in [0, 0.05) is 19.0 Å². The van der Waals surface area contributed by atoms with Crippen molar-refractivity contribution in [1.82, 2.24) is 5.01 Å². The molecule has 0 aromatic rings. The molecule has 0 bridgehead atoms. The van der Waals surface area contributed by atoms with Gasteiger partial charge in [0.1, 0.15) is 0 Å². The lowest BCUT2D eigenvalue weighted by atomic mass is 9.96. The lowest BCUT2D eigenvalue weighted by Crippen LogP contribution is -2.21. The van der Waals surface area contributed by atoms with Crippen LogP contribution < -0.4 is 0 Å². The molecule has 0 aromatic carbocycles. The van der Waals surface area contributed by atoms with Gasteiger partial charge in [-0.2, -0.15) is 5.10 Å². The highest BCUT2D eigenvalue weighted by molar-refractivity contribution is 5.89. The summed E-state index contributed by atoms with van der Waals surface area (Å²) in [4.78, 5) is 10.8. The number of carbonyl (C=O) groups is 1. The Morgan fingerprint density at radius 2 is 2.38 bits per heavy atom. The molecule has 1 aliphatic heterocycles. The highest BCUT2D eigenvalue weighted by atomic mass is 16.4. The monoisotopic (exact) mass is 182 g/mol. The molecule has 1 rings (SSSR count). The average molecular weight is 182 g/mol. The minimum Gasteiger partial charge on any atom is -0.481 e. The first-order valence-corrected chi connectivity index (χ1v) is 4.37. The molecule has 0 spiro atoms. The Bertz CT molecular complexity index is 248. The van der Waals surface area contributed by atoms with E-state index in [2.05, 4.69) is 5.10 Å². The van der Waals surface area contributed by atoms with Gasteiger partial charge < -0.3 is 5.11 Å². The molecular formula is C9H14N2O2. The number of carboxylic acid groups (broad SMARTS) is 1. The Morgan fingerprint density at radius 1 is 1.69 bits per heavy atom. The highest BCUT2D eigenvalue weighted by Crippen LogP contribution is 2.15. The fraction of sp³-hybridized carbons (Fsp3) is 0.556. The number of nitrogens with zero attached hydrogens (tertiary/aromatic N) is 2. The predicted octanol–water partition coefficient (Wildman–Crippen LogP) is 1.16. The van der Waals surface area contributed by atoms with Gasteiger partial charge in [-0.05, 0) is 12.8 Å². The van der Waals surface area contributed by atoms with Crippen molar-refractivity contribution in [3.8, 4) is 0 Å². The van der Waals surface area contributed by atoms with Gasteiger partial charge >= 0.3 is 5.97 Å². The molecule has 0 fully saturated rings. The van der Waals surface area contributed by atoms with E-state index >= 15 is 0 Å². The van der Waals surface area contributed by atoms with Crippen molar-refractivity contribution in [3.05, 3.63) is 12.3 Å². The predicted molar refractivity (Wildman–Crippen MR) is 50.3 cm³/mol. The first kappa shape index (κ1) is 9.77. The zero-order chi connectivity index (χ0) is 9.84. The van der Waals surface area contributed by atoms with E-state index in [1.807, 2.05) is 26.1 Å². The van der Waals surface area contributed by atoms with Crippen LogP contribution in [0.4, 0.5) is 0 Å². The van der Waals surface area contributed by atoms with E-state index < -0.39 is 11.9 Å². The normalized spacial score (nSPS) is 27.4. The van der Waals surface area contributed by atoms with Crippen molar-refractivity contribution >= 4 is 12.2 Å². The van der Waals surface area contributed by atoms with Crippen molar-refractivity contribution in [1.29, 1.82) is 0 Å². The van der Waals surface area contributed by atoms with Crippen molar-refractivity contribution in [2.24, 2.45) is 16.9 Å². The summed E-state index contributed by atoms with van der Waals surface area (Å²) in [6, 6.07) is 0. The van der Waals surface area contributed by atoms with Gasteiger partial charge in [-0.3, -0.25) is 9.80 Å². The topological polar surface area (TPSA) is 52.9 Å². The summed E-state index contributed by atoms with van der Waals surface area (Å²) in [7, 11) is 0. The van der Waals surface area contributed by atoms with Crippen LogP contribution in [0.2, 0.25) is 0 Å². The van der Waals surface area contributed by atoms with Crippen LogP contribution >= 0.6 is 0 Å². The highest BCUT2D eigenvalue weighted by Gasteiger charge is 2.22. The number of allylic oxidation sites excluding steroid dienone is 1. The molecule has 0 amide bonds. The Kier molecular flexibility index (Phi) is 3.06. The zero-order valence-electron chi connectivity index (χ0n) is 7.84. The van der Waals surface area contributed by atoms with E-state index in [4.69, 9.17) is 5.11 Å². The van der Waals surface area contributed by atoms with Gasteiger partial charge in [0.25, 0.3) is 0 Å². The van der Waals surface area contributed by atoms with Gasteiger partial charge in [-0.1, -0.05) is 13.0 Å². The van der Waals surface area contributed by atoms with E-state index in [1.54, 1.807) is 5.01 Å². The van der Waals surface area contributed by atoms with Crippen molar-refractivity contribution in [2.75, 3.05) is 6.54 Å². The van der Waals surface area contributed by atoms with Crippen molar-refractivity contribution in [3.63, 3.8) is 0 Å². The quantitative estimate of drug-likeness (QED) is 0.697. The summed E-state index contributed by atoms with van der Waals surface area (Å²) < 4.78 is 0. The third-order valence-corrected chi connectivity index (χ3v) is 2.11. The Labute approximate surface area is 77.5 Å². The van der Waals surface area contributed by atoms with Crippen molar-refractivity contribution < 1.29 is 9.90 Å². The van der Waals surface area contributed by atoms with Gasteiger partial charge in [-0.15, -0.1) is 0 Å². The van der Waals surface area contributed by atoms with E-state index in [9.17, 15) is 4.79 Å². The fourth-order valence-corrected chi connectivity index (χ4v) is 1.16. The molecule has 2 atom stereocenters. The smallest absolute Gasteiger partial charge is 0.312 e. The number of hydrogen-bond acceptors (Lipinski definition) is 3. The maximum absolute atomic E-state index is 10.8. The van der Waals surface area contributed by atoms with Crippen LogP contribution in [0.15, 0.2) is 17.4 Å². The van der Waals surface area contributed by atoms with Gasteiger partial charge in [0.2, 0.25) is 0 Å². The molecule has 0 aromatic heterocycles. The number of hydrogen-bond donors (Lipinski definition) is 1. The van der Waals surface area contributed by atoms with Crippen LogP contribution in [0, 0.1) is 11.8 Å². The summed E-state index contributed by atoms with van der Waals surface area (Å²) in [6.07, 6.45) is 5.19. The molecule has 13 heavy (non-hydrogen) atoms. The molecule has 4 nitrogen and oxygen atoms in total. The molecule has 1 aliphatic rings. The first-order chi connectivity index (χ1) is 6.15. The number of aliphatic carboxylic acids is 1. The fourth-order valence-electron chi connectivity index (χ4n) is 1.16. The van der Waals surface area contributed by atoms with E-state index in [-0.39, 0.29) is 5.92 Å². The summed E-state index contributed by atoms with van der Waals surface area (Å²) in [5, 5.41) is 14.6. The molecular weight excluding hydrogens is 168 g/mol. The lowest BCUT2D eigenvalue weighted by Gasteiger charge is -2.08. The van der Waals surface area contributed by atoms with Crippen LogP contribution in [-0.4, -0.2) is 28.8 Å². The van der Waals surface area contributed by atoms with E-state index in [1.165, 1.54) is 6.21 Å². The number of rotatable bonds is 2. The molecule has 1 N–H and O–H groups in total. The maximum atomic E-state index is 10.8. The standard InChI is InChI=1S/C9H14N2O2/c1-3-11-5-4-7(2)8(6-10-11)9(12)13/h4-8H,3H2,1-2H3,(H,12,13). The molecule has 0 aliphatic carbocycles. The second-order valence-electron chi connectivity index (χ2n) is 3.08. The summed E-state index contributed by atoms with van der Waals surface area (Å²) in [5.74, 6) is -1.33. The third-order valence-electron chi connectivity index (χ3n) is 2.11. The van der Waals surface area contributed by atoms with Crippen LogP contribution in [-0.2, 0) is 4.79 Å². The second kappa shape index (κ2) is 4.07. The first-order valence-electron chi connectivity index (χ1n) is 4.37. The number of carboxylic acids is 1. The molecule has 72 valence electrons. The molecule has 0 saturated heterocycles. The summed E-state index contributed by atoms with van der Waals surface area (Å²) in [6.45, 7) is 4.60. The van der Waals surface area contributed by atoms with Crippen LogP contribution in [0.3, 0.4) is 0 Å². The average Bonchev–Trinajstić information content (AvgIpc) is 2.27. The second-order valence-corrected chi connectivity index (χ2v) is 3.08. The van der Waals surface area contributed by atoms with Gasteiger partial charge in [0.05, 0.1) is 5.92 Å². The minimum absolute atomic E-state index is 0.00204. The Morgan fingerprint density at radius 3 is 2.92 bits per heavy atom. The molecule has 4 heteroatoms. The van der Waals surface area contributed by atoms with Gasteiger partial charge in [-0.25, -0.2) is 0 Å². The van der Waals surface area contributed by atoms with Crippen LogP contribution in [0.1, 0.15) is 13.8 Å². The molecule has 0 saturated carbocycles. The van der Waals surface area contributed by atoms with E-state index in [0.717, 1.165) is 6.54 Å². The SMILES string of the molecule is CCN1C=CC(C)C(C(=O)O)C=N1. The zero-order valence-corrected chi connectivity index (χ0v) is 7.84. The Hall–Kier alpha value is -1.32. The lowest BCUT2D eigenvalue weighted by molar-refractivity contribution is -0.140. The van der Waals surface area contributed by atoms with Crippen molar-refractivity contribution in [2.45, 2.75) is 13.8 Å². The number of hydrazone groups is 1. The minimum atomic E-state index is -0.821. The molecule has 1 heterocycles. The summed E-state index contributed by atoms with van der Waals surface area (Å²) >= 11 is 0. The largest absolute Gasteiger partial charge is 0.481 e. The van der Waals surface area contributed by atoms with E-state index in [0.29, 0.717) is 0 Å². The molecule has 0 radical (unpaired) electrons. The van der Waals surface area contributed by atoms with Crippen LogP contribution in [0.25, 0.3) is 0 Å². The molecule has 2 unspecified atom stereocenters. The van der Waals surface area contributed by atoms with Crippen LogP contribution in [0.5, 0.6) is 0 Å². The maximum Gasteiger partial charge on any atom is 0.312 e. The van der Waals surface area contributed by atoms with Gasteiger partial charge in [0.15, 0.2) is 0 Å². The summed E-state index contributed by atoms with van der Waals surface area (Å²) in [5.41, 5.74) is 0. The third kappa shape index (κ3) is 2.31.